The number of carbonyl (C=O) groups excluding carboxylic acids is 1. The van der Waals surface area contributed by atoms with Crippen LogP contribution in [0.2, 0.25) is 0 Å². The van der Waals surface area contributed by atoms with Crippen molar-refractivity contribution in [1.82, 2.24) is 0 Å². The standard InChI is InChI=1S/C8H5F2NO3/c9-8(10)7(12)5-1-3-6(4-2-5)11(13)14/h1-4,8H. The molecule has 0 bridgehead atoms. The van der Waals surface area contributed by atoms with Crippen molar-refractivity contribution in [3.05, 3.63) is 39.9 Å². The first kappa shape index (κ1) is 10.2. The van der Waals surface area contributed by atoms with Crippen molar-refractivity contribution in [3.63, 3.8) is 0 Å². The Bertz CT molecular complexity index is 361. The summed E-state index contributed by atoms with van der Waals surface area (Å²) in [6.45, 7) is 0. The number of hydrogen-bond donors (Lipinski definition) is 0. The highest BCUT2D eigenvalue weighted by Crippen LogP contribution is 2.14. The largest absolute Gasteiger partial charge is 0.300 e. The van der Waals surface area contributed by atoms with Gasteiger partial charge in [-0.1, -0.05) is 0 Å². The summed E-state index contributed by atoms with van der Waals surface area (Å²) in [4.78, 5) is 20.2. The van der Waals surface area contributed by atoms with Crippen LogP contribution < -0.4 is 0 Å². The van der Waals surface area contributed by atoms with Gasteiger partial charge in [-0.25, -0.2) is 8.78 Å². The van der Waals surface area contributed by atoms with Gasteiger partial charge in [0.2, 0.25) is 5.78 Å². The van der Waals surface area contributed by atoms with E-state index in [9.17, 15) is 23.7 Å². The molecule has 14 heavy (non-hydrogen) atoms. The molecule has 0 aliphatic rings. The molecule has 74 valence electrons. The Kier molecular flexibility index (Phi) is 2.85. The van der Waals surface area contributed by atoms with Crippen LogP contribution in [0.3, 0.4) is 0 Å². The number of benzene rings is 1. The maximum absolute atomic E-state index is 11.9. The number of rotatable bonds is 3. The predicted molar refractivity (Wildman–Crippen MR) is 43.4 cm³/mol. The summed E-state index contributed by atoms with van der Waals surface area (Å²) in [7, 11) is 0. The lowest BCUT2D eigenvalue weighted by Crippen LogP contribution is -2.09. The van der Waals surface area contributed by atoms with Crippen LogP contribution in [-0.4, -0.2) is 17.1 Å². The third kappa shape index (κ3) is 2.09. The lowest BCUT2D eigenvalue weighted by Gasteiger charge is -1.97. The Morgan fingerprint density at radius 3 is 2.14 bits per heavy atom. The zero-order chi connectivity index (χ0) is 10.7. The minimum absolute atomic E-state index is 0.231. The van der Waals surface area contributed by atoms with Crippen molar-refractivity contribution in [3.8, 4) is 0 Å². The third-order valence-corrected chi connectivity index (χ3v) is 1.56. The first-order valence-corrected chi connectivity index (χ1v) is 3.59. The molecule has 0 amide bonds. The molecule has 0 spiro atoms. The molecular formula is C8H5F2NO3. The number of ketones is 1. The molecule has 0 aliphatic carbocycles. The van der Waals surface area contributed by atoms with Crippen molar-refractivity contribution >= 4 is 11.5 Å². The summed E-state index contributed by atoms with van der Waals surface area (Å²) in [5.74, 6) is -1.33. The Balaban J connectivity index is 2.94. The molecule has 0 aliphatic heterocycles. The molecule has 1 aromatic carbocycles. The number of nitrogens with zero attached hydrogens (tertiary/aromatic N) is 1. The van der Waals surface area contributed by atoms with Crippen molar-refractivity contribution in [2.75, 3.05) is 0 Å². The maximum Gasteiger partial charge on any atom is 0.300 e. The van der Waals surface area contributed by atoms with Crippen LogP contribution in [0.1, 0.15) is 10.4 Å². The van der Waals surface area contributed by atoms with Gasteiger partial charge in [-0.15, -0.1) is 0 Å². The van der Waals surface area contributed by atoms with E-state index in [1.807, 2.05) is 0 Å². The van der Waals surface area contributed by atoms with Gasteiger partial charge in [0.05, 0.1) is 4.92 Å². The predicted octanol–water partition coefficient (Wildman–Crippen LogP) is 2.04. The molecule has 0 atom stereocenters. The minimum Gasteiger partial charge on any atom is -0.288 e. The van der Waals surface area contributed by atoms with E-state index in [-0.39, 0.29) is 11.3 Å². The normalized spacial score (nSPS) is 10.2. The van der Waals surface area contributed by atoms with E-state index < -0.39 is 17.1 Å². The number of non-ortho nitro benzene ring substituents is 1. The van der Waals surface area contributed by atoms with E-state index in [0.717, 1.165) is 24.3 Å². The van der Waals surface area contributed by atoms with Crippen LogP contribution in [0.15, 0.2) is 24.3 Å². The molecule has 0 N–H and O–H groups in total. The highest BCUT2D eigenvalue weighted by atomic mass is 19.3. The van der Waals surface area contributed by atoms with E-state index in [1.165, 1.54) is 0 Å². The molecule has 0 saturated heterocycles. The van der Waals surface area contributed by atoms with Gasteiger partial charge < -0.3 is 0 Å². The van der Waals surface area contributed by atoms with Crippen molar-refractivity contribution < 1.29 is 18.5 Å². The molecule has 0 radical (unpaired) electrons. The van der Waals surface area contributed by atoms with Crippen LogP contribution in [0, 0.1) is 10.1 Å². The van der Waals surface area contributed by atoms with E-state index in [0.29, 0.717) is 0 Å². The molecular weight excluding hydrogens is 196 g/mol. The van der Waals surface area contributed by atoms with E-state index in [1.54, 1.807) is 0 Å². The lowest BCUT2D eigenvalue weighted by atomic mass is 10.1. The molecule has 1 rings (SSSR count). The van der Waals surface area contributed by atoms with Crippen LogP contribution in [-0.2, 0) is 0 Å². The summed E-state index contributed by atoms with van der Waals surface area (Å²) in [5.41, 5.74) is -0.471. The van der Waals surface area contributed by atoms with Gasteiger partial charge >= 0.3 is 6.43 Å². The fourth-order valence-electron chi connectivity index (χ4n) is 0.873. The van der Waals surface area contributed by atoms with Gasteiger partial charge in [-0.2, -0.15) is 0 Å². The lowest BCUT2D eigenvalue weighted by molar-refractivity contribution is -0.384. The van der Waals surface area contributed by atoms with Gasteiger partial charge in [-0.05, 0) is 12.1 Å². The van der Waals surface area contributed by atoms with Gasteiger partial charge in [0.25, 0.3) is 5.69 Å². The summed E-state index contributed by atoms with van der Waals surface area (Å²) >= 11 is 0. The number of nitro groups is 1. The Morgan fingerprint density at radius 2 is 1.79 bits per heavy atom. The second-order valence-corrected chi connectivity index (χ2v) is 2.47. The average Bonchev–Trinajstić information content (AvgIpc) is 2.16. The second-order valence-electron chi connectivity index (χ2n) is 2.47. The Labute approximate surface area is 77.3 Å². The number of hydrogen-bond acceptors (Lipinski definition) is 3. The van der Waals surface area contributed by atoms with E-state index >= 15 is 0 Å². The van der Waals surface area contributed by atoms with Crippen LogP contribution in [0.4, 0.5) is 14.5 Å². The van der Waals surface area contributed by atoms with Gasteiger partial charge in [0, 0.05) is 17.7 Å². The Hall–Kier alpha value is -1.85. The molecule has 0 heterocycles. The Morgan fingerprint density at radius 1 is 1.29 bits per heavy atom. The molecule has 6 heteroatoms. The van der Waals surface area contributed by atoms with Crippen molar-refractivity contribution in [1.29, 1.82) is 0 Å². The molecule has 0 aromatic heterocycles. The van der Waals surface area contributed by atoms with Gasteiger partial charge in [0.1, 0.15) is 0 Å². The summed E-state index contributed by atoms with van der Waals surface area (Å²) in [6, 6.07) is 4.03. The van der Waals surface area contributed by atoms with Crippen LogP contribution >= 0.6 is 0 Å². The van der Waals surface area contributed by atoms with Gasteiger partial charge in [0.15, 0.2) is 0 Å². The molecule has 0 saturated carbocycles. The first-order chi connectivity index (χ1) is 6.52. The van der Waals surface area contributed by atoms with Crippen LogP contribution in [0.25, 0.3) is 0 Å². The summed E-state index contributed by atoms with van der Waals surface area (Å²) in [5, 5.41) is 10.2. The topological polar surface area (TPSA) is 60.2 Å². The average molecular weight is 201 g/mol. The molecule has 1 aromatic rings. The van der Waals surface area contributed by atoms with Crippen molar-refractivity contribution in [2.45, 2.75) is 6.43 Å². The van der Waals surface area contributed by atoms with E-state index in [2.05, 4.69) is 0 Å². The summed E-state index contributed by atoms with van der Waals surface area (Å²) < 4.78 is 23.8. The monoisotopic (exact) mass is 201 g/mol. The third-order valence-electron chi connectivity index (χ3n) is 1.56. The number of Topliss-reactive ketones (excluding diaryl/α,β-unsaturated/α-hetero) is 1. The smallest absolute Gasteiger partial charge is 0.288 e. The first-order valence-electron chi connectivity index (χ1n) is 3.59. The highest BCUT2D eigenvalue weighted by Gasteiger charge is 2.18. The zero-order valence-corrected chi connectivity index (χ0v) is 6.81. The van der Waals surface area contributed by atoms with Crippen molar-refractivity contribution in [2.24, 2.45) is 0 Å². The summed E-state index contributed by atoms with van der Waals surface area (Å²) in [6.07, 6.45) is -3.09. The number of carbonyl (C=O) groups is 1. The fourth-order valence-corrected chi connectivity index (χ4v) is 0.873. The molecule has 0 unspecified atom stereocenters. The number of alkyl halides is 2. The van der Waals surface area contributed by atoms with Gasteiger partial charge in [-0.3, -0.25) is 14.9 Å². The minimum atomic E-state index is -3.09. The zero-order valence-electron chi connectivity index (χ0n) is 6.81. The molecule has 4 nitrogen and oxygen atoms in total. The SMILES string of the molecule is O=C(c1ccc([N+](=O)[O-])cc1)C(F)F. The molecule has 0 fully saturated rings. The fraction of sp³-hybridized carbons (Fsp3) is 0.125. The quantitative estimate of drug-likeness (QED) is 0.427. The highest BCUT2D eigenvalue weighted by molar-refractivity contribution is 5.98. The second kappa shape index (κ2) is 3.91. The number of nitro benzene ring substituents is 1. The maximum atomic E-state index is 11.9. The van der Waals surface area contributed by atoms with Crippen LogP contribution in [0.5, 0.6) is 0 Å². The number of halogens is 2. The van der Waals surface area contributed by atoms with E-state index in [4.69, 9.17) is 0 Å².